The highest BCUT2D eigenvalue weighted by atomic mass is 79.9. The smallest absolute Gasteiger partial charge is 0.332 e. The highest BCUT2D eigenvalue weighted by molar-refractivity contribution is 9.10. The number of aliphatic carboxylic acids is 4. The van der Waals surface area contributed by atoms with Crippen molar-refractivity contribution in [3.05, 3.63) is 115 Å². The lowest BCUT2D eigenvalue weighted by molar-refractivity contribution is -0.153. The fourth-order valence-corrected chi connectivity index (χ4v) is 6.20. The maximum atomic E-state index is 11.1. The van der Waals surface area contributed by atoms with Crippen molar-refractivity contribution in [2.24, 2.45) is 0 Å². The van der Waals surface area contributed by atoms with Crippen LogP contribution < -0.4 is 20.1 Å². The SMILES string of the molecule is Cc1c(COc2ccc(CNC(C(=O)O)C(=O)O)cc2Br)cccc1-c1cccc(COc2ccc(CNC(C(=O)O)C(=O)O)cc2Br)c1C. The van der Waals surface area contributed by atoms with E-state index >= 15 is 0 Å². The molecule has 0 aliphatic carbocycles. The molecule has 0 radical (unpaired) electrons. The predicted octanol–water partition coefficient (Wildman–Crippen LogP) is 5.91. The number of halogens is 2. The molecule has 0 aliphatic heterocycles. The predicted molar refractivity (Wildman–Crippen MR) is 190 cm³/mol. The zero-order valence-corrected chi connectivity index (χ0v) is 30.1. The normalized spacial score (nSPS) is 11.1. The summed E-state index contributed by atoms with van der Waals surface area (Å²) >= 11 is 6.98. The molecule has 14 heteroatoms. The summed E-state index contributed by atoms with van der Waals surface area (Å²) in [6, 6.07) is 19.0. The molecule has 0 amide bonds. The molecule has 0 atom stereocenters. The maximum Gasteiger partial charge on any atom is 0.332 e. The van der Waals surface area contributed by atoms with Gasteiger partial charge in [0, 0.05) is 13.1 Å². The molecule has 4 rings (SSSR count). The van der Waals surface area contributed by atoms with Gasteiger partial charge in [0.2, 0.25) is 12.1 Å². The first-order valence-corrected chi connectivity index (χ1v) is 16.7. The van der Waals surface area contributed by atoms with Crippen LogP contribution in [0.1, 0.15) is 33.4 Å². The van der Waals surface area contributed by atoms with Gasteiger partial charge in [-0.05, 0) is 114 Å². The molecule has 4 aromatic rings. The molecule has 50 heavy (non-hydrogen) atoms. The lowest BCUT2D eigenvalue weighted by Crippen LogP contribution is -2.42. The van der Waals surface area contributed by atoms with Crippen molar-refractivity contribution in [3.63, 3.8) is 0 Å². The van der Waals surface area contributed by atoms with Gasteiger partial charge in [0.15, 0.2) is 0 Å². The van der Waals surface area contributed by atoms with Crippen LogP contribution in [-0.4, -0.2) is 56.4 Å². The molecule has 0 fully saturated rings. The molecule has 0 spiro atoms. The minimum absolute atomic E-state index is 0.0424. The third-order valence-corrected chi connectivity index (χ3v) is 9.19. The molecule has 0 aliphatic rings. The monoisotopic (exact) mass is 812 g/mol. The zero-order chi connectivity index (χ0) is 36.5. The summed E-state index contributed by atoms with van der Waals surface area (Å²) in [7, 11) is 0. The van der Waals surface area contributed by atoms with Gasteiger partial charge < -0.3 is 29.9 Å². The second-order valence-electron chi connectivity index (χ2n) is 11.3. The summed E-state index contributed by atoms with van der Waals surface area (Å²) in [6.45, 7) is 4.71. The Balaban J connectivity index is 1.42. The second-order valence-corrected chi connectivity index (χ2v) is 13.0. The van der Waals surface area contributed by atoms with Gasteiger partial charge in [-0.1, -0.05) is 48.5 Å². The number of nitrogens with one attached hydrogen (secondary N) is 2. The van der Waals surface area contributed by atoms with Gasteiger partial charge in [-0.2, -0.15) is 0 Å². The summed E-state index contributed by atoms with van der Waals surface area (Å²) in [5.74, 6) is -4.72. The fourth-order valence-electron chi connectivity index (χ4n) is 5.12. The van der Waals surface area contributed by atoms with Gasteiger partial charge in [0.05, 0.1) is 8.95 Å². The van der Waals surface area contributed by atoms with E-state index in [1.54, 1.807) is 36.4 Å². The van der Waals surface area contributed by atoms with Crippen molar-refractivity contribution in [3.8, 4) is 22.6 Å². The van der Waals surface area contributed by atoms with E-state index in [1.165, 1.54) is 0 Å². The van der Waals surface area contributed by atoms with Crippen molar-refractivity contribution >= 4 is 55.7 Å². The van der Waals surface area contributed by atoms with Crippen molar-refractivity contribution in [1.29, 1.82) is 0 Å². The maximum absolute atomic E-state index is 11.1. The van der Waals surface area contributed by atoms with Crippen LogP contribution >= 0.6 is 31.9 Å². The first-order valence-electron chi connectivity index (χ1n) is 15.1. The number of ether oxygens (including phenoxy) is 2. The lowest BCUT2D eigenvalue weighted by Gasteiger charge is -2.17. The molecule has 0 unspecified atom stereocenters. The first kappa shape index (κ1) is 38.0. The molecule has 0 heterocycles. The Morgan fingerprint density at radius 1 is 0.600 bits per heavy atom. The van der Waals surface area contributed by atoms with Crippen LogP contribution in [0.3, 0.4) is 0 Å². The molecular formula is C36H34Br2N2O10. The van der Waals surface area contributed by atoms with E-state index in [0.717, 1.165) is 33.4 Å². The molecule has 12 nitrogen and oxygen atoms in total. The molecule has 4 aromatic carbocycles. The van der Waals surface area contributed by atoms with E-state index in [9.17, 15) is 19.2 Å². The molecular weight excluding hydrogens is 780 g/mol. The van der Waals surface area contributed by atoms with Gasteiger partial charge in [0.1, 0.15) is 24.7 Å². The third kappa shape index (κ3) is 9.69. The Morgan fingerprint density at radius 2 is 0.960 bits per heavy atom. The molecule has 0 bridgehead atoms. The lowest BCUT2D eigenvalue weighted by atomic mass is 9.92. The van der Waals surface area contributed by atoms with Gasteiger partial charge >= 0.3 is 23.9 Å². The van der Waals surface area contributed by atoms with Crippen molar-refractivity contribution in [2.45, 2.75) is 52.2 Å². The van der Waals surface area contributed by atoms with Crippen molar-refractivity contribution in [1.82, 2.24) is 10.6 Å². The van der Waals surface area contributed by atoms with Gasteiger partial charge in [0.25, 0.3) is 0 Å². The largest absolute Gasteiger partial charge is 0.488 e. The summed E-state index contributed by atoms with van der Waals surface area (Å²) in [4.78, 5) is 44.6. The van der Waals surface area contributed by atoms with Crippen LogP contribution in [0.2, 0.25) is 0 Å². The standard InChI is InChI=1S/C36H34Br2N2O10/c1-19-23(17-49-29-11-9-21(13-27(29)37)15-39-31(33(41)42)34(43)44)5-3-7-25(19)26-8-4-6-24(20(26)2)18-50-30-12-10-22(14-28(30)38)16-40-32(35(45)46)36(47)48/h3-14,31-32,39-40H,15-18H2,1-2H3,(H,41,42)(H,43,44)(H,45,46)(H,47,48). The number of carboxylic acid groups (broad SMARTS) is 4. The molecule has 0 saturated heterocycles. The second kappa shape index (κ2) is 17.3. The van der Waals surface area contributed by atoms with Crippen LogP contribution in [0.15, 0.2) is 81.7 Å². The van der Waals surface area contributed by atoms with Crippen LogP contribution in [0.5, 0.6) is 11.5 Å². The van der Waals surface area contributed by atoms with Crippen LogP contribution in [-0.2, 0) is 45.5 Å². The highest BCUT2D eigenvalue weighted by Gasteiger charge is 2.26. The fraction of sp³-hybridized carbons (Fsp3) is 0.222. The molecule has 6 N–H and O–H groups in total. The average Bonchev–Trinajstić information content (AvgIpc) is 3.05. The first-order chi connectivity index (χ1) is 23.8. The zero-order valence-electron chi connectivity index (χ0n) is 26.9. The molecule has 262 valence electrons. The number of rotatable bonds is 17. The van der Waals surface area contributed by atoms with Gasteiger partial charge in [-0.25, -0.2) is 19.2 Å². The van der Waals surface area contributed by atoms with Crippen LogP contribution in [0.25, 0.3) is 11.1 Å². The number of hydrogen-bond acceptors (Lipinski definition) is 8. The van der Waals surface area contributed by atoms with Crippen LogP contribution in [0.4, 0.5) is 0 Å². The molecule has 0 aromatic heterocycles. The van der Waals surface area contributed by atoms with E-state index in [-0.39, 0.29) is 26.3 Å². The van der Waals surface area contributed by atoms with Gasteiger partial charge in [-0.15, -0.1) is 0 Å². The quantitative estimate of drug-likeness (QED) is 0.0693. The van der Waals surface area contributed by atoms with E-state index in [0.29, 0.717) is 31.6 Å². The Bertz CT molecular complexity index is 1750. The van der Waals surface area contributed by atoms with Crippen LogP contribution in [0, 0.1) is 13.8 Å². The number of carboxylic acids is 4. The minimum atomic E-state index is -1.71. The highest BCUT2D eigenvalue weighted by Crippen LogP contribution is 2.33. The van der Waals surface area contributed by atoms with Crippen molar-refractivity contribution in [2.75, 3.05) is 0 Å². The Hall–Kier alpha value is -4.76. The number of benzene rings is 4. The Kier molecular flexibility index (Phi) is 13.1. The summed E-state index contributed by atoms with van der Waals surface area (Å²) in [5, 5.41) is 41.3. The van der Waals surface area contributed by atoms with E-state index in [1.807, 2.05) is 50.2 Å². The van der Waals surface area contributed by atoms with Crippen molar-refractivity contribution < 1.29 is 49.1 Å². The minimum Gasteiger partial charge on any atom is -0.488 e. The summed E-state index contributed by atoms with van der Waals surface area (Å²) in [6.07, 6.45) is 0. The van der Waals surface area contributed by atoms with Gasteiger partial charge in [-0.3, -0.25) is 10.6 Å². The average molecular weight is 814 g/mol. The number of carbonyl (C=O) groups is 4. The Labute approximate surface area is 304 Å². The summed E-state index contributed by atoms with van der Waals surface area (Å²) < 4.78 is 13.5. The Morgan fingerprint density at radius 3 is 1.28 bits per heavy atom. The van der Waals surface area contributed by atoms with E-state index in [4.69, 9.17) is 29.9 Å². The van der Waals surface area contributed by atoms with E-state index in [2.05, 4.69) is 42.5 Å². The third-order valence-electron chi connectivity index (χ3n) is 7.95. The topological polar surface area (TPSA) is 192 Å². The number of hydrogen-bond donors (Lipinski definition) is 6. The molecule has 0 saturated carbocycles. The van der Waals surface area contributed by atoms with E-state index < -0.39 is 36.0 Å². The summed E-state index contributed by atoms with van der Waals surface area (Å²) in [5.41, 5.74) is 7.47.